The normalized spacial score (nSPS) is 18.3. The number of fused-ring (bicyclic) bond motifs is 2. The number of aromatic nitrogens is 1. The highest BCUT2D eigenvalue weighted by Crippen LogP contribution is 2.52. The van der Waals surface area contributed by atoms with Crippen molar-refractivity contribution in [2.45, 2.75) is 57.3 Å². The van der Waals surface area contributed by atoms with Crippen LogP contribution in [0.25, 0.3) is 10.9 Å². The van der Waals surface area contributed by atoms with Crippen LogP contribution in [-0.4, -0.2) is 40.2 Å². The lowest BCUT2D eigenvalue weighted by molar-refractivity contribution is -0.286. The Bertz CT molecular complexity index is 1340. The molecule has 0 spiro atoms. The number of amides is 1. The third kappa shape index (κ3) is 4.20. The van der Waals surface area contributed by atoms with Crippen LogP contribution in [0.15, 0.2) is 42.5 Å². The molecule has 2 aromatic carbocycles. The SMILES string of the molecule is C[C@@H](CO)Cn1c(C(C)(C)CO)cc2cc(NC(=O)C3(c4ccc5c(c4)OC(F)(F)O5)CC3)ccc21.[HH].[HH]. The smallest absolute Gasteiger partial charge is 0.396 e. The van der Waals surface area contributed by atoms with Crippen molar-refractivity contribution < 1.29 is 36.1 Å². The molecule has 1 saturated carbocycles. The molecule has 1 amide bonds. The van der Waals surface area contributed by atoms with Crippen LogP contribution in [0.2, 0.25) is 0 Å². The fraction of sp³-hybridized carbons (Fsp3) is 0.444. The summed E-state index contributed by atoms with van der Waals surface area (Å²) in [7, 11) is 0. The third-order valence-corrected chi connectivity index (χ3v) is 7.19. The van der Waals surface area contributed by atoms with Crippen LogP contribution in [0.4, 0.5) is 14.5 Å². The lowest BCUT2D eigenvalue weighted by atomic mass is 9.90. The van der Waals surface area contributed by atoms with Crippen molar-refractivity contribution in [2.24, 2.45) is 5.92 Å². The molecular weight excluding hydrogens is 470 g/mol. The Morgan fingerprint density at radius 1 is 1.14 bits per heavy atom. The van der Waals surface area contributed by atoms with Crippen molar-refractivity contribution in [1.29, 1.82) is 0 Å². The number of hydrogen-bond donors (Lipinski definition) is 3. The maximum atomic E-state index is 13.4. The van der Waals surface area contributed by atoms with Crippen molar-refractivity contribution in [2.75, 3.05) is 18.5 Å². The Hall–Kier alpha value is -3.17. The van der Waals surface area contributed by atoms with Crippen LogP contribution >= 0.6 is 0 Å². The Balaban J connectivity index is 0.00000200. The van der Waals surface area contributed by atoms with E-state index < -0.39 is 17.1 Å². The molecule has 1 aliphatic heterocycles. The topological polar surface area (TPSA) is 93.0 Å². The average molecular weight is 505 g/mol. The number of ether oxygens (including phenoxy) is 2. The van der Waals surface area contributed by atoms with E-state index in [2.05, 4.69) is 19.4 Å². The second-order valence-electron chi connectivity index (χ2n) is 10.6. The van der Waals surface area contributed by atoms with Crippen LogP contribution in [0, 0.1) is 5.92 Å². The molecule has 196 valence electrons. The van der Waals surface area contributed by atoms with E-state index in [9.17, 15) is 23.8 Å². The highest BCUT2D eigenvalue weighted by molar-refractivity contribution is 6.02. The van der Waals surface area contributed by atoms with Gasteiger partial charge >= 0.3 is 6.29 Å². The quantitative estimate of drug-likeness (QED) is 0.401. The molecule has 3 N–H and O–H groups in total. The van der Waals surface area contributed by atoms with Gasteiger partial charge in [0.2, 0.25) is 5.91 Å². The molecule has 1 aliphatic carbocycles. The van der Waals surface area contributed by atoms with Crippen molar-refractivity contribution in [1.82, 2.24) is 4.57 Å². The number of aliphatic hydroxyl groups excluding tert-OH is 2. The molecule has 1 atom stereocenters. The first-order chi connectivity index (χ1) is 17.0. The van der Waals surface area contributed by atoms with Gasteiger partial charge in [0.25, 0.3) is 0 Å². The summed E-state index contributed by atoms with van der Waals surface area (Å²) in [5, 5.41) is 23.5. The zero-order chi connectivity index (χ0) is 25.9. The summed E-state index contributed by atoms with van der Waals surface area (Å²) in [6.07, 6.45) is -2.51. The number of anilines is 1. The Morgan fingerprint density at radius 2 is 1.86 bits per heavy atom. The molecule has 1 fully saturated rings. The van der Waals surface area contributed by atoms with Gasteiger partial charge in [-0.15, -0.1) is 8.78 Å². The molecule has 5 rings (SSSR count). The van der Waals surface area contributed by atoms with Crippen molar-refractivity contribution in [3.63, 3.8) is 0 Å². The number of nitrogens with one attached hydrogen (secondary N) is 1. The van der Waals surface area contributed by atoms with Gasteiger partial charge < -0.3 is 29.6 Å². The number of carbonyl (C=O) groups excluding carboxylic acids is 1. The number of alkyl halides is 2. The second kappa shape index (κ2) is 8.45. The van der Waals surface area contributed by atoms with Gasteiger partial charge in [-0.3, -0.25) is 4.79 Å². The summed E-state index contributed by atoms with van der Waals surface area (Å²) >= 11 is 0. The molecule has 0 unspecified atom stereocenters. The first-order valence-corrected chi connectivity index (χ1v) is 12.1. The fourth-order valence-electron chi connectivity index (χ4n) is 4.83. The summed E-state index contributed by atoms with van der Waals surface area (Å²) < 4.78 is 38.0. The number of benzene rings is 2. The molecule has 3 aromatic rings. The first-order valence-electron chi connectivity index (χ1n) is 12.1. The van der Waals surface area contributed by atoms with Gasteiger partial charge in [-0.2, -0.15) is 0 Å². The summed E-state index contributed by atoms with van der Waals surface area (Å²) in [5.41, 5.74) is 1.81. The zero-order valence-corrected chi connectivity index (χ0v) is 20.5. The maximum absolute atomic E-state index is 13.4. The largest absolute Gasteiger partial charge is 0.586 e. The van der Waals surface area contributed by atoms with Crippen molar-refractivity contribution in [3.8, 4) is 11.5 Å². The molecule has 2 heterocycles. The Labute approximate surface area is 210 Å². The standard InChI is InChI=1S/C27H30F2N2O5.2H2/c1-16(14-32)13-31-20-6-5-19(10-17(20)11-23(31)25(2,3)15-33)30-24(34)26(8-9-26)18-4-7-21-22(12-18)36-27(28,29)35-21;;/h4-7,10-12,16,32-33H,8-9,13-15H2,1-3H3,(H,30,34);2*1H/t16-;;/m1../s1. The first kappa shape index (κ1) is 24.5. The number of aliphatic hydroxyl groups is 2. The number of halogens is 2. The van der Waals surface area contributed by atoms with Crippen LogP contribution in [-0.2, 0) is 22.2 Å². The second-order valence-corrected chi connectivity index (χ2v) is 10.6. The molecule has 7 nitrogen and oxygen atoms in total. The number of carbonyl (C=O) groups is 1. The van der Waals surface area contributed by atoms with Gasteiger partial charge in [0.15, 0.2) is 11.5 Å². The monoisotopic (exact) mass is 504 g/mol. The van der Waals surface area contributed by atoms with Crippen LogP contribution in [0.5, 0.6) is 11.5 Å². The van der Waals surface area contributed by atoms with E-state index in [4.69, 9.17) is 0 Å². The Morgan fingerprint density at radius 3 is 2.53 bits per heavy atom. The predicted octanol–water partition coefficient (Wildman–Crippen LogP) is 5.02. The highest BCUT2D eigenvalue weighted by Gasteiger charge is 2.52. The van der Waals surface area contributed by atoms with Gasteiger partial charge in [0, 0.05) is 43.7 Å². The molecule has 0 radical (unpaired) electrons. The van der Waals surface area contributed by atoms with Gasteiger partial charge in [0.1, 0.15) is 0 Å². The van der Waals surface area contributed by atoms with Crippen LogP contribution in [0.3, 0.4) is 0 Å². The van der Waals surface area contributed by atoms with E-state index in [0.29, 0.717) is 30.6 Å². The highest BCUT2D eigenvalue weighted by atomic mass is 19.3. The van der Waals surface area contributed by atoms with Gasteiger partial charge in [-0.25, -0.2) is 0 Å². The summed E-state index contributed by atoms with van der Waals surface area (Å²) in [6.45, 7) is 6.49. The molecule has 0 saturated heterocycles. The maximum Gasteiger partial charge on any atom is 0.586 e. The van der Waals surface area contributed by atoms with E-state index in [-0.39, 0.29) is 39.4 Å². The summed E-state index contributed by atoms with van der Waals surface area (Å²) in [6, 6.07) is 12.1. The van der Waals surface area contributed by atoms with Crippen LogP contribution in [0.1, 0.15) is 47.7 Å². The van der Waals surface area contributed by atoms with E-state index >= 15 is 0 Å². The number of hydrogen-bond acceptors (Lipinski definition) is 5. The molecule has 1 aromatic heterocycles. The molecule has 2 aliphatic rings. The molecule has 36 heavy (non-hydrogen) atoms. The number of rotatable bonds is 8. The summed E-state index contributed by atoms with van der Waals surface area (Å²) in [5.74, 6) is -0.302. The average Bonchev–Trinajstić information content (AvgIpc) is 3.48. The minimum Gasteiger partial charge on any atom is -0.396 e. The molecule has 0 bridgehead atoms. The van der Waals surface area contributed by atoms with E-state index in [1.165, 1.54) is 12.1 Å². The van der Waals surface area contributed by atoms with E-state index in [1.807, 2.05) is 45.0 Å². The number of nitrogens with zero attached hydrogens (tertiary/aromatic N) is 1. The van der Waals surface area contributed by atoms with Crippen molar-refractivity contribution >= 4 is 22.5 Å². The van der Waals surface area contributed by atoms with E-state index in [1.54, 1.807) is 6.07 Å². The Kier molecular flexibility index (Phi) is 5.76. The third-order valence-electron chi connectivity index (χ3n) is 7.19. The lowest BCUT2D eigenvalue weighted by Gasteiger charge is -2.25. The minimum atomic E-state index is -3.70. The van der Waals surface area contributed by atoms with Gasteiger partial charge in [-0.05, 0) is 60.7 Å². The van der Waals surface area contributed by atoms with Crippen LogP contribution < -0.4 is 14.8 Å². The van der Waals surface area contributed by atoms with Crippen molar-refractivity contribution in [3.05, 3.63) is 53.7 Å². The van der Waals surface area contributed by atoms with Gasteiger partial charge in [0.05, 0.1) is 12.0 Å². The summed E-state index contributed by atoms with van der Waals surface area (Å²) in [4.78, 5) is 13.3. The van der Waals surface area contributed by atoms with E-state index in [0.717, 1.165) is 16.6 Å². The molecule has 9 heteroatoms. The predicted molar refractivity (Wildman–Crippen MR) is 135 cm³/mol. The zero-order valence-electron chi connectivity index (χ0n) is 20.5. The molecular formula is C27H34F2N2O5. The van der Waals surface area contributed by atoms with Gasteiger partial charge in [-0.1, -0.05) is 26.8 Å². The fourth-order valence-corrected chi connectivity index (χ4v) is 4.83. The lowest BCUT2D eigenvalue weighted by Crippen LogP contribution is -2.28. The minimum absolute atomic E-state index is 0.